The number of nitrogens with one attached hydrogen (secondary N) is 1. The van der Waals surface area contributed by atoms with E-state index in [2.05, 4.69) is 24.1 Å². The summed E-state index contributed by atoms with van der Waals surface area (Å²) in [6, 6.07) is 3.36. The molecule has 1 aliphatic rings. The standard InChI is InChI=1S/C12H16ClN3O.ClH/c1-12(2)8-16(6-5-15-12)11(17)10-4-3-9(13)7-14-10;/h3-4,7,15H,5-6,8H2,1-2H3;1H. The van der Waals surface area contributed by atoms with Crippen molar-refractivity contribution < 1.29 is 4.79 Å². The molecule has 2 heterocycles. The first-order valence-corrected chi connectivity index (χ1v) is 6.02. The highest BCUT2D eigenvalue weighted by atomic mass is 35.5. The fourth-order valence-corrected chi connectivity index (χ4v) is 2.09. The van der Waals surface area contributed by atoms with Gasteiger partial charge in [-0.25, -0.2) is 4.98 Å². The molecule has 1 aromatic heterocycles. The van der Waals surface area contributed by atoms with Gasteiger partial charge in [0.25, 0.3) is 5.91 Å². The molecule has 0 saturated carbocycles. The fourth-order valence-electron chi connectivity index (χ4n) is 1.98. The molecule has 0 radical (unpaired) electrons. The van der Waals surface area contributed by atoms with Gasteiger partial charge in [0.05, 0.1) is 5.02 Å². The van der Waals surface area contributed by atoms with E-state index < -0.39 is 0 Å². The number of piperazine rings is 1. The quantitative estimate of drug-likeness (QED) is 0.860. The van der Waals surface area contributed by atoms with Crippen molar-refractivity contribution in [3.05, 3.63) is 29.0 Å². The molecule has 0 unspecified atom stereocenters. The Bertz CT molecular complexity index is 420. The zero-order valence-electron chi connectivity index (χ0n) is 10.4. The van der Waals surface area contributed by atoms with Crippen molar-refractivity contribution in [1.82, 2.24) is 15.2 Å². The van der Waals surface area contributed by atoms with Crippen molar-refractivity contribution in [3.63, 3.8) is 0 Å². The minimum Gasteiger partial charge on any atom is -0.334 e. The first-order chi connectivity index (χ1) is 7.98. The van der Waals surface area contributed by atoms with Gasteiger partial charge in [-0.2, -0.15) is 0 Å². The second-order valence-electron chi connectivity index (χ2n) is 4.90. The third-order valence-electron chi connectivity index (χ3n) is 2.81. The summed E-state index contributed by atoms with van der Waals surface area (Å²) in [5, 5.41) is 3.91. The summed E-state index contributed by atoms with van der Waals surface area (Å²) in [5.41, 5.74) is 0.410. The summed E-state index contributed by atoms with van der Waals surface area (Å²) in [7, 11) is 0. The zero-order valence-corrected chi connectivity index (χ0v) is 12.0. The summed E-state index contributed by atoms with van der Waals surface area (Å²) in [6.07, 6.45) is 1.50. The van der Waals surface area contributed by atoms with Crippen LogP contribution in [-0.2, 0) is 0 Å². The van der Waals surface area contributed by atoms with Crippen molar-refractivity contribution in [2.45, 2.75) is 19.4 Å². The molecule has 1 amide bonds. The van der Waals surface area contributed by atoms with Crippen LogP contribution in [0.5, 0.6) is 0 Å². The minimum absolute atomic E-state index is 0. The molecule has 0 spiro atoms. The SMILES string of the molecule is CC1(C)CN(C(=O)c2ccc(Cl)cn2)CCN1.Cl. The molecule has 1 aliphatic heterocycles. The van der Waals surface area contributed by atoms with Crippen LogP contribution in [0.2, 0.25) is 5.02 Å². The summed E-state index contributed by atoms with van der Waals surface area (Å²) >= 11 is 5.75. The zero-order chi connectivity index (χ0) is 12.5. The predicted octanol–water partition coefficient (Wildman–Crippen LogP) is 1.98. The van der Waals surface area contributed by atoms with Gasteiger partial charge in [0, 0.05) is 31.4 Å². The average Bonchev–Trinajstić information content (AvgIpc) is 2.28. The molecule has 18 heavy (non-hydrogen) atoms. The molecule has 100 valence electrons. The van der Waals surface area contributed by atoms with Gasteiger partial charge < -0.3 is 10.2 Å². The van der Waals surface area contributed by atoms with E-state index in [9.17, 15) is 4.79 Å². The third kappa shape index (κ3) is 3.57. The van der Waals surface area contributed by atoms with E-state index in [1.54, 1.807) is 12.1 Å². The van der Waals surface area contributed by atoms with Gasteiger partial charge in [0.15, 0.2) is 0 Å². The number of hydrogen-bond acceptors (Lipinski definition) is 3. The number of nitrogens with zero attached hydrogens (tertiary/aromatic N) is 2. The van der Waals surface area contributed by atoms with E-state index in [1.807, 2.05) is 4.90 Å². The predicted molar refractivity (Wildman–Crippen MR) is 74.5 cm³/mol. The van der Waals surface area contributed by atoms with Crippen LogP contribution in [0.4, 0.5) is 0 Å². The van der Waals surface area contributed by atoms with Crippen LogP contribution >= 0.6 is 24.0 Å². The van der Waals surface area contributed by atoms with Gasteiger partial charge in [-0.3, -0.25) is 4.79 Å². The molecule has 1 saturated heterocycles. The van der Waals surface area contributed by atoms with Crippen LogP contribution in [0.1, 0.15) is 24.3 Å². The van der Waals surface area contributed by atoms with E-state index in [0.29, 0.717) is 23.8 Å². The maximum Gasteiger partial charge on any atom is 0.272 e. The molecule has 0 bridgehead atoms. The van der Waals surface area contributed by atoms with E-state index in [0.717, 1.165) is 6.54 Å². The van der Waals surface area contributed by atoms with Gasteiger partial charge in [-0.1, -0.05) is 11.6 Å². The van der Waals surface area contributed by atoms with Crippen molar-refractivity contribution in [1.29, 1.82) is 0 Å². The average molecular weight is 290 g/mol. The highest BCUT2D eigenvalue weighted by Gasteiger charge is 2.29. The lowest BCUT2D eigenvalue weighted by molar-refractivity contribution is 0.0646. The number of halogens is 2. The van der Waals surface area contributed by atoms with Crippen LogP contribution in [0, 0.1) is 0 Å². The Balaban J connectivity index is 0.00000162. The van der Waals surface area contributed by atoms with Gasteiger partial charge in [-0.05, 0) is 26.0 Å². The first kappa shape index (κ1) is 15.2. The number of amides is 1. The van der Waals surface area contributed by atoms with E-state index >= 15 is 0 Å². The second kappa shape index (κ2) is 5.87. The van der Waals surface area contributed by atoms with Gasteiger partial charge in [0.2, 0.25) is 0 Å². The molecule has 2 rings (SSSR count). The number of pyridine rings is 1. The Morgan fingerprint density at radius 1 is 1.50 bits per heavy atom. The Morgan fingerprint density at radius 2 is 2.22 bits per heavy atom. The minimum atomic E-state index is -0.0413. The topological polar surface area (TPSA) is 45.2 Å². The third-order valence-corrected chi connectivity index (χ3v) is 3.03. The smallest absolute Gasteiger partial charge is 0.272 e. The van der Waals surface area contributed by atoms with Crippen LogP contribution in [0.25, 0.3) is 0 Å². The number of carbonyl (C=O) groups excluding carboxylic acids is 1. The van der Waals surface area contributed by atoms with Crippen LogP contribution in [-0.4, -0.2) is 41.0 Å². The van der Waals surface area contributed by atoms with E-state index in [-0.39, 0.29) is 23.9 Å². The van der Waals surface area contributed by atoms with Crippen LogP contribution < -0.4 is 5.32 Å². The number of aromatic nitrogens is 1. The Hall–Kier alpha value is -0.840. The molecule has 6 heteroatoms. The number of rotatable bonds is 1. The Morgan fingerprint density at radius 3 is 2.78 bits per heavy atom. The van der Waals surface area contributed by atoms with Crippen LogP contribution in [0.15, 0.2) is 18.3 Å². The fraction of sp³-hybridized carbons (Fsp3) is 0.500. The van der Waals surface area contributed by atoms with Gasteiger partial charge in [0.1, 0.15) is 5.69 Å². The maximum atomic E-state index is 12.2. The molecule has 0 atom stereocenters. The summed E-state index contributed by atoms with van der Waals surface area (Å²) in [4.78, 5) is 18.1. The summed E-state index contributed by atoms with van der Waals surface area (Å²) in [6.45, 7) is 6.39. The molecule has 0 aliphatic carbocycles. The number of hydrogen-bond donors (Lipinski definition) is 1. The molecule has 1 fully saturated rings. The normalized spacial score (nSPS) is 18.1. The Labute approximate surface area is 118 Å². The molecule has 1 N–H and O–H groups in total. The molecular formula is C12H17Cl2N3O. The van der Waals surface area contributed by atoms with Crippen molar-refractivity contribution in [2.24, 2.45) is 0 Å². The highest BCUT2D eigenvalue weighted by molar-refractivity contribution is 6.30. The molecule has 0 aromatic carbocycles. The largest absolute Gasteiger partial charge is 0.334 e. The molecular weight excluding hydrogens is 273 g/mol. The highest BCUT2D eigenvalue weighted by Crippen LogP contribution is 2.14. The van der Waals surface area contributed by atoms with Gasteiger partial charge in [-0.15, -0.1) is 12.4 Å². The first-order valence-electron chi connectivity index (χ1n) is 5.64. The maximum absolute atomic E-state index is 12.2. The lowest BCUT2D eigenvalue weighted by atomic mass is 10.0. The van der Waals surface area contributed by atoms with Crippen molar-refractivity contribution >= 4 is 29.9 Å². The monoisotopic (exact) mass is 289 g/mol. The van der Waals surface area contributed by atoms with Gasteiger partial charge >= 0.3 is 0 Å². The number of carbonyl (C=O) groups is 1. The van der Waals surface area contributed by atoms with Crippen molar-refractivity contribution in [3.8, 4) is 0 Å². The van der Waals surface area contributed by atoms with Crippen molar-refractivity contribution in [2.75, 3.05) is 19.6 Å². The van der Waals surface area contributed by atoms with E-state index in [1.165, 1.54) is 6.20 Å². The second-order valence-corrected chi connectivity index (χ2v) is 5.34. The lowest BCUT2D eigenvalue weighted by Gasteiger charge is -2.38. The molecule has 1 aromatic rings. The Kier molecular flexibility index (Phi) is 4.96. The summed E-state index contributed by atoms with van der Waals surface area (Å²) < 4.78 is 0. The molecule has 4 nitrogen and oxygen atoms in total. The lowest BCUT2D eigenvalue weighted by Crippen LogP contribution is -2.58. The summed E-state index contributed by atoms with van der Waals surface area (Å²) in [5.74, 6) is -0.0313. The van der Waals surface area contributed by atoms with E-state index in [4.69, 9.17) is 11.6 Å². The van der Waals surface area contributed by atoms with Crippen LogP contribution in [0.3, 0.4) is 0 Å².